The van der Waals surface area contributed by atoms with Crippen molar-refractivity contribution in [2.45, 2.75) is 57.9 Å². The third-order valence-corrected chi connectivity index (χ3v) is 8.14. The molecule has 1 amide bonds. The Morgan fingerprint density at radius 3 is 2.68 bits per heavy atom. The average molecular weight is 513 g/mol. The quantitative estimate of drug-likeness (QED) is 0.353. The number of amides is 1. The van der Waals surface area contributed by atoms with Crippen LogP contribution in [0.3, 0.4) is 0 Å². The molecule has 1 N–H and O–H groups in total. The van der Waals surface area contributed by atoms with Gasteiger partial charge < -0.3 is 5.32 Å². The van der Waals surface area contributed by atoms with Gasteiger partial charge in [0.1, 0.15) is 0 Å². The molecule has 0 spiro atoms. The van der Waals surface area contributed by atoms with Crippen LogP contribution in [0.2, 0.25) is 0 Å². The Morgan fingerprint density at radius 1 is 1.05 bits per heavy atom. The summed E-state index contributed by atoms with van der Waals surface area (Å²) in [6.45, 7) is 1.79. The molecule has 5 heteroatoms. The summed E-state index contributed by atoms with van der Waals surface area (Å²) in [5.74, 6) is 0.497. The maximum atomic E-state index is 13.0. The van der Waals surface area contributed by atoms with Crippen LogP contribution in [0, 0.1) is 11.8 Å². The number of hydrogen-bond donors (Lipinski definition) is 1. The van der Waals surface area contributed by atoms with E-state index in [1.54, 1.807) is 6.92 Å². The highest BCUT2D eigenvalue weighted by Crippen LogP contribution is 2.36. The number of carbonyl (C=O) groups excluding carboxylic acids is 2. The number of Topliss-reactive ketones (excluding diaryl/α,β-unsaturated/α-hetero) is 1. The van der Waals surface area contributed by atoms with E-state index in [4.69, 9.17) is 11.6 Å². The van der Waals surface area contributed by atoms with Gasteiger partial charge >= 0.3 is 0 Å². The van der Waals surface area contributed by atoms with Crippen LogP contribution in [0.25, 0.3) is 16.2 Å². The molecule has 5 rings (SSSR count). The standard InChI is InChI=1S/C32H33ClN2O2/c1-21(31(36)16-12-23-19-28-29(33)14-15-30(28)34-20-23)35-32(37)26-13-11-22(18-26)17-25-9-5-6-10-27(25)24-7-3-2-4-8-24/h2-10,14,19-22,26H,11-13,15-18H2,1H3,(H,35,37)/t21-,22-,26+/m0/s1. The topological polar surface area (TPSA) is 59.1 Å². The summed E-state index contributed by atoms with van der Waals surface area (Å²) in [6.07, 6.45) is 9.25. The van der Waals surface area contributed by atoms with Crippen LogP contribution in [0.4, 0.5) is 0 Å². The second-order valence-corrected chi connectivity index (χ2v) is 10.8. The van der Waals surface area contributed by atoms with E-state index in [1.807, 2.05) is 24.4 Å². The Balaban J connectivity index is 1.11. The molecule has 0 bridgehead atoms. The minimum Gasteiger partial charge on any atom is -0.346 e. The second kappa shape index (κ2) is 11.4. The maximum Gasteiger partial charge on any atom is 0.223 e. The van der Waals surface area contributed by atoms with Crippen molar-refractivity contribution < 1.29 is 9.59 Å². The lowest BCUT2D eigenvalue weighted by Gasteiger charge is -2.17. The molecule has 0 saturated heterocycles. The van der Waals surface area contributed by atoms with Crippen molar-refractivity contribution in [1.82, 2.24) is 10.3 Å². The fourth-order valence-corrected chi connectivity index (χ4v) is 5.88. The van der Waals surface area contributed by atoms with E-state index in [1.165, 1.54) is 16.7 Å². The first-order valence-electron chi connectivity index (χ1n) is 13.3. The monoisotopic (exact) mass is 512 g/mol. The molecule has 2 aliphatic carbocycles. The van der Waals surface area contributed by atoms with Crippen LogP contribution in [-0.2, 0) is 28.9 Å². The van der Waals surface area contributed by atoms with E-state index in [9.17, 15) is 9.59 Å². The van der Waals surface area contributed by atoms with Crippen molar-refractivity contribution in [3.8, 4) is 11.1 Å². The molecule has 1 saturated carbocycles. The van der Waals surface area contributed by atoms with E-state index in [0.717, 1.165) is 54.0 Å². The van der Waals surface area contributed by atoms with E-state index in [0.29, 0.717) is 18.8 Å². The summed E-state index contributed by atoms with van der Waals surface area (Å²) in [5, 5.41) is 3.73. The Kier molecular flexibility index (Phi) is 7.85. The SMILES string of the molecule is C[C@H](NC(=O)[C@@H]1CC[C@@H](Cc2ccccc2-c2ccccc2)C1)C(=O)CCc1cnc2c(c1)C(Cl)=CC2. The van der Waals surface area contributed by atoms with E-state index in [2.05, 4.69) is 58.8 Å². The second-order valence-electron chi connectivity index (χ2n) is 10.4. The number of allylic oxidation sites excluding steroid dienone is 1. The number of hydrogen-bond acceptors (Lipinski definition) is 3. The average Bonchev–Trinajstić information content (AvgIpc) is 3.54. The lowest BCUT2D eigenvalue weighted by molar-refractivity contribution is -0.129. The first-order chi connectivity index (χ1) is 18.0. The molecule has 2 aliphatic rings. The number of pyridine rings is 1. The fraction of sp³-hybridized carbons (Fsp3) is 0.344. The molecule has 2 aromatic carbocycles. The van der Waals surface area contributed by atoms with Crippen LogP contribution >= 0.6 is 11.6 Å². The molecule has 0 aliphatic heterocycles. The number of halogens is 1. The number of carbonyl (C=O) groups is 2. The van der Waals surface area contributed by atoms with Crippen molar-refractivity contribution in [1.29, 1.82) is 0 Å². The van der Waals surface area contributed by atoms with Crippen molar-refractivity contribution in [2.24, 2.45) is 11.8 Å². The summed E-state index contributed by atoms with van der Waals surface area (Å²) in [7, 11) is 0. The highest BCUT2D eigenvalue weighted by atomic mass is 35.5. The number of ketones is 1. The van der Waals surface area contributed by atoms with Gasteiger partial charge in [0.15, 0.2) is 5.78 Å². The smallest absolute Gasteiger partial charge is 0.223 e. The van der Waals surface area contributed by atoms with Gasteiger partial charge in [0, 0.05) is 35.6 Å². The number of benzene rings is 2. The van der Waals surface area contributed by atoms with Gasteiger partial charge in [-0.25, -0.2) is 0 Å². The van der Waals surface area contributed by atoms with Gasteiger partial charge in [-0.15, -0.1) is 0 Å². The van der Waals surface area contributed by atoms with Crippen LogP contribution in [0.5, 0.6) is 0 Å². The number of rotatable bonds is 9. The van der Waals surface area contributed by atoms with Crippen LogP contribution < -0.4 is 5.32 Å². The summed E-state index contributed by atoms with van der Waals surface area (Å²) in [4.78, 5) is 30.2. The molecule has 1 heterocycles. The minimum absolute atomic E-state index is 0.0100. The maximum absolute atomic E-state index is 13.0. The number of fused-ring (bicyclic) bond motifs is 1. The Labute approximate surface area is 224 Å². The van der Waals surface area contributed by atoms with E-state index < -0.39 is 6.04 Å². The molecule has 3 aromatic rings. The number of aryl methyl sites for hydroxylation is 1. The first kappa shape index (κ1) is 25.4. The van der Waals surface area contributed by atoms with Crippen LogP contribution in [0.15, 0.2) is 72.9 Å². The van der Waals surface area contributed by atoms with Crippen molar-refractivity contribution in [2.75, 3.05) is 0 Å². The molecule has 1 fully saturated rings. The predicted molar refractivity (Wildman–Crippen MR) is 149 cm³/mol. The highest BCUT2D eigenvalue weighted by Gasteiger charge is 2.31. The predicted octanol–water partition coefficient (Wildman–Crippen LogP) is 6.55. The molecule has 0 unspecified atom stereocenters. The molecule has 1 aromatic heterocycles. The molecule has 4 nitrogen and oxygen atoms in total. The zero-order valence-electron chi connectivity index (χ0n) is 21.3. The summed E-state index contributed by atoms with van der Waals surface area (Å²) in [6, 6.07) is 20.6. The summed E-state index contributed by atoms with van der Waals surface area (Å²) < 4.78 is 0. The molecular weight excluding hydrogens is 480 g/mol. The molecule has 190 valence electrons. The molecule has 3 atom stereocenters. The van der Waals surface area contributed by atoms with E-state index >= 15 is 0 Å². The van der Waals surface area contributed by atoms with Gasteiger partial charge in [0.05, 0.1) is 11.7 Å². The first-order valence-corrected chi connectivity index (χ1v) is 13.7. The van der Waals surface area contributed by atoms with Gasteiger partial charge in [0.2, 0.25) is 5.91 Å². The Morgan fingerprint density at radius 2 is 1.84 bits per heavy atom. The van der Waals surface area contributed by atoms with Crippen molar-refractivity contribution in [3.05, 3.63) is 95.3 Å². The zero-order chi connectivity index (χ0) is 25.8. The normalized spacial score (nSPS) is 19.2. The van der Waals surface area contributed by atoms with Gasteiger partial charge in [-0.1, -0.05) is 72.3 Å². The molecule has 37 heavy (non-hydrogen) atoms. The molecular formula is C32H33ClN2O2. The number of aromatic nitrogens is 1. The lowest BCUT2D eigenvalue weighted by atomic mass is 9.91. The summed E-state index contributed by atoms with van der Waals surface area (Å²) in [5.41, 5.74) is 6.78. The Bertz CT molecular complexity index is 1320. The fourth-order valence-electron chi connectivity index (χ4n) is 5.64. The van der Waals surface area contributed by atoms with Gasteiger partial charge in [-0.05, 0) is 73.3 Å². The third-order valence-electron chi connectivity index (χ3n) is 7.78. The lowest BCUT2D eigenvalue weighted by Crippen LogP contribution is -2.41. The van der Waals surface area contributed by atoms with Crippen LogP contribution in [-0.4, -0.2) is 22.7 Å². The van der Waals surface area contributed by atoms with Crippen molar-refractivity contribution in [3.63, 3.8) is 0 Å². The number of nitrogens with one attached hydrogen (secondary N) is 1. The van der Waals surface area contributed by atoms with Gasteiger partial charge in [0.25, 0.3) is 0 Å². The minimum atomic E-state index is -0.490. The van der Waals surface area contributed by atoms with Gasteiger partial charge in [-0.2, -0.15) is 0 Å². The third kappa shape index (κ3) is 6.02. The van der Waals surface area contributed by atoms with Crippen LogP contribution in [0.1, 0.15) is 55.0 Å². The highest BCUT2D eigenvalue weighted by molar-refractivity contribution is 6.49. The number of nitrogens with zero attached hydrogens (tertiary/aromatic N) is 1. The largest absolute Gasteiger partial charge is 0.346 e. The van der Waals surface area contributed by atoms with Crippen molar-refractivity contribution >= 4 is 28.3 Å². The van der Waals surface area contributed by atoms with Gasteiger partial charge in [-0.3, -0.25) is 14.6 Å². The summed E-state index contributed by atoms with van der Waals surface area (Å²) >= 11 is 6.25. The molecule has 0 radical (unpaired) electrons. The Hall–Kier alpha value is -3.24. The zero-order valence-corrected chi connectivity index (χ0v) is 22.0. The van der Waals surface area contributed by atoms with E-state index in [-0.39, 0.29) is 17.6 Å².